The number of esters is 1. The molecule has 3 heterocycles. The number of fused-ring (bicyclic) bond motifs is 1. The summed E-state index contributed by atoms with van der Waals surface area (Å²) in [5.41, 5.74) is 6.54. The van der Waals surface area contributed by atoms with Gasteiger partial charge in [-0.05, 0) is 0 Å². The molecule has 2 aromatic heterocycles. The molecule has 0 saturated carbocycles. The van der Waals surface area contributed by atoms with Gasteiger partial charge in [0.25, 0.3) is 0 Å². The van der Waals surface area contributed by atoms with Gasteiger partial charge in [-0.25, -0.2) is 15.0 Å². The summed E-state index contributed by atoms with van der Waals surface area (Å²) in [5.74, 6) is 0.323. The Morgan fingerprint density at radius 1 is 1.42 bits per heavy atom. The number of aliphatic hydroxyl groups excluding tert-OH is 2. The average Bonchev–Trinajstić information content (AvgIpc) is 3.12. The van der Waals surface area contributed by atoms with E-state index in [1.54, 1.807) is 0 Å². The summed E-state index contributed by atoms with van der Waals surface area (Å²) in [5, 5.41) is 20.5. The van der Waals surface area contributed by atoms with E-state index in [2.05, 4.69) is 19.7 Å². The second kappa shape index (κ2) is 6.89. The maximum atomic E-state index is 11.1. The molecule has 24 heavy (non-hydrogen) atoms. The number of anilines is 1. The number of thioether (sulfide) groups is 1. The fourth-order valence-electron chi connectivity index (χ4n) is 2.47. The SMILES string of the molecule is COC(=O)CSC[C@H]1O[C@@H](n2cnc3c(N)ncnc32)[C@H](O)[C@@H]1O. The molecule has 4 N–H and O–H groups in total. The summed E-state index contributed by atoms with van der Waals surface area (Å²) in [7, 11) is 1.31. The molecule has 0 radical (unpaired) electrons. The average molecular weight is 355 g/mol. The molecule has 130 valence electrons. The van der Waals surface area contributed by atoms with E-state index < -0.39 is 24.5 Å². The molecule has 1 saturated heterocycles. The minimum Gasteiger partial charge on any atom is -0.468 e. The van der Waals surface area contributed by atoms with Crippen LogP contribution in [0.15, 0.2) is 12.7 Å². The third-order valence-electron chi connectivity index (χ3n) is 3.73. The highest BCUT2D eigenvalue weighted by Gasteiger charge is 2.44. The van der Waals surface area contributed by atoms with E-state index >= 15 is 0 Å². The first-order valence-corrected chi connectivity index (χ1v) is 8.27. The molecular formula is C13H17N5O5S. The highest BCUT2D eigenvalue weighted by molar-refractivity contribution is 7.99. The number of aliphatic hydroxyl groups is 2. The Morgan fingerprint density at radius 2 is 2.21 bits per heavy atom. The quantitative estimate of drug-likeness (QED) is 0.567. The molecule has 2 aromatic rings. The van der Waals surface area contributed by atoms with Crippen LogP contribution in [0.25, 0.3) is 11.2 Å². The van der Waals surface area contributed by atoms with Gasteiger partial charge in [-0.15, -0.1) is 11.8 Å². The summed E-state index contributed by atoms with van der Waals surface area (Å²) in [6, 6.07) is 0. The van der Waals surface area contributed by atoms with E-state index in [1.165, 1.54) is 36.1 Å². The Morgan fingerprint density at radius 3 is 2.96 bits per heavy atom. The third kappa shape index (κ3) is 3.02. The number of nitrogens with zero attached hydrogens (tertiary/aromatic N) is 4. The maximum Gasteiger partial charge on any atom is 0.315 e. The Labute approximate surface area is 141 Å². The van der Waals surface area contributed by atoms with Crippen LogP contribution in [-0.4, -0.2) is 72.6 Å². The number of carbonyl (C=O) groups excluding carboxylic acids is 1. The van der Waals surface area contributed by atoms with E-state index in [4.69, 9.17) is 10.5 Å². The maximum absolute atomic E-state index is 11.1. The van der Waals surface area contributed by atoms with Crippen molar-refractivity contribution in [3.63, 3.8) is 0 Å². The normalized spacial score (nSPS) is 26.8. The van der Waals surface area contributed by atoms with Gasteiger partial charge in [0.1, 0.15) is 24.1 Å². The second-order valence-electron chi connectivity index (χ2n) is 5.22. The lowest BCUT2D eigenvalue weighted by Gasteiger charge is -2.16. The molecule has 10 nitrogen and oxygen atoms in total. The van der Waals surface area contributed by atoms with Crippen LogP contribution in [0.1, 0.15) is 6.23 Å². The van der Waals surface area contributed by atoms with Crippen molar-refractivity contribution in [1.82, 2.24) is 19.5 Å². The van der Waals surface area contributed by atoms with Crippen molar-refractivity contribution in [3.8, 4) is 0 Å². The molecule has 1 fully saturated rings. The molecule has 0 amide bonds. The topological polar surface area (TPSA) is 146 Å². The largest absolute Gasteiger partial charge is 0.468 e. The highest BCUT2D eigenvalue weighted by Crippen LogP contribution is 2.33. The standard InChI is InChI=1S/C13H17N5O5S/c1-22-7(19)3-24-2-6-9(20)10(21)13(23-6)18-5-17-8-11(14)15-4-16-12(8)18/h4-6,9-10,13,20-21H,2-3H2,1H3,(H2,14,15,16)/t6-,9-,10-,13-/m1/s1. The minimum atomic E-state index is -1.16. The van der Waals surface area contributed by atoms with E-state index in [0.717, 1.165) is 0 Å². The minimum absolute atomic E-state index is 0.140. The molecule has 11 heteroatoms. The molecule has 0 aromatic carbocycles. The fraction of sp³-hybridized carbons (Fsp3) is 0.538. The molecule has 0 aliphatic carbocycles. The second-order valence-corrected chi connectivity index (χ2v) is 6.25. The van der Waals surface area contributed by atoms with Gasteiger partial charge in [0.05, 0.1) is 25.3 Å². The van der Waals surface area contributed by atoms with Gasteiger partial charge in [-0.2, -0.15) is 0 Å². The number of carbonyl (C=O) groups is 1. The van der Waals surface area contributed by atoms with Crippen LogP contribution >= 0.6 is 11.8 Å². The van der Waals surface area contributed by atoms with Crippen molar-refractivity contribution in [2.75, 3.05) is 24.3 Å². The summed E-state index contributed by atoms with van der Waals surface area (Å²) in [6.07, 6.45) is -1.05. The van der Waals surface area contributed by atoms with Crippen molar-refractivity contribution in [2.24, 2.45) is 0 Å². The molecule has 1 aliphatic rings. The lowest BCUT2D eigenvalue weighted by molar-refractivity contribution is -0.137. The van der Waals surface area contributed by atoms with Gasteiger partial charge in [0.15, 0.2) is 17.7 Å². The summed E-state index contributed by atoms with van der Waals surface area (Å²) >= 11 is 1.25. The number of hydrogen-bond donors (Lipinski definition) is 3. The molecule has 3 rings (SSSR count). The van der Waals surface area contributed by atoms with Crippen molar-refractivity contribution in [2.45, 2.75) is 24.5 Å². The number of nitrogen functional groups attached to an aromatic ring is 1. The molecule has 4 atom stereocenters. The lowest BCUT2D eigenvalue weighted by Crippen LogP contribution is -2.32. The van der Waals surface area contributed by atoms with Gasteiger partial charge < -0.3 is 25.4 Å². The van der Waals surface area contributed by atoms with Crippen molar-refractivity contribution < 1.29 is 24.5 Å². The number of imidazole rings is 1. The number of rotatable bonds is 5. The zero-order valence-electron chi connectivity index (χ0n) is 12.8. The molecular weight excluding hydrogens is 338 g/mol. The van der Waals surface area contributed by atoms with Gasteiger partial charge in [0, 0.05) is 5.75 Å². The first-order chi connectivity index (χ1) is 11.5. The Balaban J connectivity index is 1.74. The van der Waals surface area contributed by atoms with Crippen LogP contribution in [0.3, 0.4) is 0 Å². The zero-order chi connectivity index (χ0) is 17.3. The monoisotopic (exact) mass is 355 g/mol. The number of methoxy groups -OCH3 is 1. The first kappa shape index (κ1) is 16.9. The van der Waals surface area contributed by atoms with Gasteiger partial charge >= 0.3 is 5.97 Å². The molecule has 0 bridgehead atoms. The Hall–Kier alpha value is -1.95. The van der Waals surface area contributed by atoms with Crippen LogP contribution in [0.5, 0.6) is 0 Å². The predicted octanol–water partition coefficient (Wildman–Crippen LogP) is -1.07. The van der Waals surface area contributed by atoms with Gasteiger partial charge in [0.2, 0.25) is 0 Å². The number of hydrogen-bond acceptors (Lipinski definition) is 10. The Kier molecular flexibility index (Phi) is 4.85. The number of nitrogens with two attached hydrogens (primary N) is 1. The predicted molar refractivity (Wildman–Crippen MR) is 85.0 cm³/mol. The number of aromatic nitrogens is 4. The van der Waals surface area contributed by atoms with Crippen LogP contribution < -0.4 is 5.73 Å². The first-order valence-electron chi connectivity index (χ1n) is 7.12. The van der Waals surface area contributed by atoms with Crippen molar-refractivity contribution in [1.29, 1.82) is 0 Å². The Bertz CT molecular complexity index is 741. The van der Waals surface area contributed by atoms with Crippen LogP contribution in [-0.2, 0) is 14.3 Å². The summed E-state index contributed by atoms with van der Waals surface area (Å²) < 4.78 is 11.8. The van der Waals surface area contributed by atoms with Gasteiger partial charge in [-0.1, -0.05) is 0 Å². The number of ether oxygens (including phenoxy) is 2. The fourth-order valence-corrected chi connectivity index (χ4v) is 3.38. The van der Waals surface area contributed by atoms with Crippen LogP contribution in [0, 0.1) is 0 Å². The lowest BCUT2D eigenvalue weighted by atomic mass is 10.1. The van der Waals surface area contributed by atoms with E-state index in [1.807, 2.05) is 0 Å². The van der Waals surface area contributed by atoms with E-state index in [0.29, 0.717) is 16.9 Å². The zero-order valence-corrected chi connectivity index (χ0v) is 13.6. The smallest absolute Gasteiger partial charge is 0.315 e. The highest BCUT2D eigenvalue weighted by atomic mass is 32.2. The summed E-state index contributed by atoms with van der Waals surface area (Å²) in [6.45, 7) is 0. The third-order valence-corrected chi connectivity index (χ3v) is 4.73. The van der Waals surface area contributed by atoms with Crippen molar-refractivity contribution in [3.05, 3.63) is 12.7 Å². The van der Waals surface area contributed by atoms with Crippen molar-refractivity contribution >= 4 is 34.7 Å². The molecule has 1 aliphatic heterocycles. The summed E-state index contributed by atoms with van der Waals surface area (Å²) in [4.78, 5) is 23.2. The van der Waals surface area contributed by atoms with Crippen LogP contribution in [0.2, 0.25) is 0 Å². The van der Waals surface area contributed by atoms with E-state index in [9.17, 15) is 15.0 Å². The van der Waals surface area contributed by atoms with E-state index in [-0.39, 0.29) is 17.5 Å². The molecule has 0 spiro atoms. The van der Waals surface area contributed by atoms with Crippen LogP contribution in [0.4, 0.5) is 5.82 Å². The molecule has 0 unspecified atom stereocenters. The van der Waals surface area contributed by atoms with Gasteiger partial charge in [-0.3, -0.25) is 9.36 Å².